The van der Waals surface area contributed by atoms with Gasteiger partial charge in [-0.1, -0.05) is 34.8 Å². The number of esters is 1. The van der Waals surface area contributed by atoms with Gasteiger partial charge in [-0.05, 0) is 6.42 Å². The van der Waals surface area contributed by atoms with Gasteiger partial charge in [0.15, 0.2) is 0 Å². The average molecular weight is 319 g/mol. The van der Waals surface area contributed by atoms with E-state index in [9.17, 15) is 14.4 Å². The molecule has 0 bridgehead atoms. The van der Waals surface area contributed by atoms with Crippen molar-refractivity contribution in [2.24, 2.45) is 0 Å². The van der Waals surface area contributed by atoms with Gasteiger partial charge < -0.3 is 9.47 Å². The first-order chi connectivity index (χ1) is 8.26. The van der Waals surface area contributed by atoms with Crippen molar-refractivity contribution in [1.82, 2.24) is 4.90 Å². The van der Waals surface area contributed by atoms with Crippen LogP contribution in [-0.4, -0.2) is 46.4 Å². The fraction of sp³-hybridized carbons (Fsp3) is 0.667. The van der Waals surface area contributed by atoms with Gasteiger partial charge in [0.1, 0.15) is 12.6 Å². The van der Waals surface area contributed by atoms with E-state index in [1.807, 2.05) is 0 Å². The summed E-state index contributed by atoms with van der Waals surface area (Å²) < 4.78 is 7.36. The molecule has 0 aromatic carbocycles. The first-order valence-electron chi connectivity index (χ1n) is 4.89. The lowest BCUT2D eigenvalue weighted by molar-refractivity contribution is -0.148. The first-order valence-corrected chi connectivity index (χ1v) is 6.03. The van der Waals surface area contributed by atoms with Gasteiger partial charge in [-0.2, -0.15) is 0 Å². The third kappa shape index (κ3) is 3.90. The number of nitrogens with zero attached hydrogens (tertiary/aromatic N) is 1. The Morgan fingerprint density at radius 3 is 2.56 bits per heavy atom. The van der Waals surface area contributed by atoms with Crippen molar-refractivity contribution in [1.29, 1.82) is 0 Å². The minimum absolute atomic E-state index is 0.0582. The Kier molecular flexibility index (Phi) is 5.07. The van der Waals surface area contributed by atoms with Crippen LogP contribution < -0.4 is 0 Å². The third-order valence-electron chi connectivity index (χ3n) is 2.24. The molecule has 18 heavy (non-hydrogen) atoms. The molecule has 1 fully saturated rings. The van der Waals surface area contributed by atoms with E-state index in [1.54, 1.807) is 0 Å². The summed E-state index contributed by atoms with van der Waals surface area (Å²) in [5.74, 6) is -1.22. The van der Waals surface area contributed by atoms with Gasteiger partial charge in [0.25, 0.3) is 0 Å². The smallest absolute Gasteiger partial charge is 0.417 e. The zero-order chi connectivity index (χ0) is 13.9. The van der Waals surface area contributed by atoms with Crippen molar-refractivity contribution in [3.63, 3.8) is 0 Å². The number of methoxy groups -OCH3 is 1. The Morgan fingerprint density at radius 1 is 1.44 bits per heavy atom. The molecular weight excluding hydrogens is 308 g/mol. The highest BCUT2D eigenvalue weighted by Gasteiger charge is 2.42. The van der Waals surface area contributed by atoms with Gasteiger partial charge in [-0.15, -0.1) is 0 Å². The lowest BCUT2D eigenvalue weighted by atomic mass is 10.2. The van der Waals surface area contributed by atoms with E-state index >= 15 is 0 Å². The van der Waals surface area contributed by atoms with Crippen LogP contribution in [0.4, 0.5) is 4.79 Å². The largest absolute Gasteiger partial charge is 0.467 e. The molecular formula is C9H10Cl3NO5. The predicted molar refractivity (Wildman–Crippen MR) is 63.5 cm³/mol. The molecule has 0 spiro atoms. The van der Waals surface area contributed by atoms with Crippen LogP contribution in [0, 0.1) is 0 Å². The highest BCUT2D eigenvalue weighted by Crippen LogP contribution is 2.27. The second-order valence-corrected chi connectivity index (χ2v) is 6.03. The second kappa shape index (κ2) is 5.95. The molecule has 1 saturated heterocycles. The molecule has 1 rings (SSSR count). The minimum atomic E-state index is -1.78. The summed E-state index contributed by atoms with van der Waals surface area (Å²) in [5, 5.41) is 0. The second-order valence-electron chi connectivity index (χ2n) is 3.51. The van der Waals surface area contributed by atoms with Crippen molar-refractivity contribution in [3.8, 4) is 0 Å². The van der Waals surface area contributed by atoms with Crippen LogP contribution >= 0.6 is 34.8 Å². The summed E-state index contributed by atoms with van der Waals surface area (Å²) in [6, 6.07) is -0.981. The normalized spacial score (nSPS) is 19.9. The van der Waals surface area contributed by atoms with Crippen molar-refractivity contribution >= 4 is 52.8 Å². The minimum Gasteiger partial charge on any atom is -0.467 e. The van der Waals surface area contributed by atoms with Crippen LogP contribution in [0.15, 0.2) is 0 Å². The fourth-order valence-corrected chi connectivity index (χ4v) is 1.65. The fourth-order valence-electron chi connectivity index (χ4n) is 1.49. The van der Waals surface area contributed by atoms with Crippen molar-refractivity contribution in [2.75, 3.05) is 13.7 Å². The molecule has 9 heteroatoms. The van der Waals surface area contributed by atoms with E-state index in [0.29, 0.717) is 4.90 Å². The van der Waals surface area contributed by atoms with Gasteiger partial charge in [0, 0.05) is 6.42 Å². The van der Waals surface area contributed by atoms with Gasteiger partial charge >= 0.3 is 12.1 Å². The average Bonchev–Trinajstić information content (AvgIpc) is 2.66. The number of hydrogen-bond acceptors (Lipinski definition) is 5. The Hall–Kier alpha value is -0.720. The van der Waals surface area contributed by atoms with Crippen LogP contribution in [0.25, 0.3) is 0 Å². The Morgan fingerprint density at radius 2 is 2.06 bits per heavy atom. The molecule has 1 atom stereocenters. The van der Waals surface area contributed by atoms with E-state index in [1.165, 1.54) is 0 Å². The van der Waals surface area contributed by atoms with E-state index < -0.39 is 34.4 Å². The first kappa shape index (κ1) is 15.3. The number of halogens is 3. The van der Waals surface area contributed by atoms with Crippen LogP contribution in [-0.2, 0) is 19.1 Å². The Labute approximate surface area is 118 Å². The standard InChI is InChI=1S/C9H10Cl3NO5/c1-17-7(15)5-2-3-6(14)13(5)8(16)18-4-9(10,11)12/h5H,2-4H2,1H3/t5-/m1/s1. The summed E-state index contributed by atoms with van der Waals surface area (Å²) in [5.41, 5.74) is 0. The molecule has 1 heterocycles. The van der Waals surface area contributed by atoms with Crippen molar-refractivity contribution in [3.05, 3.63) is 0 Å². The van der Waals surface area contributed by atoms with Crippen molar-refractivity contribution in [2.45, 2.75) is 22.7 Å². The molecule has 0 aliphatic carbocycles. The highest BCUT2D eigenvalue weighted by atomic mass is 35.6. The van der Waals surface area contributed by atoms with E-state index in [4.69, 9.17) is 34.8 Å². The summed E-state index contributed by atoms with van der Waals surface area (Å²) in [6.07, 6.45) is -0.781. The number of carbonyl (C=O) groups is 3. The van der Waals surface area contributed by atoms with E-state index in [-0.39, 0.29) is 12.8 Å². The number of imide groups is 1. The zero-order valence-corrected chi connectivity index (χ0v) is 11.6. The monoisotopic (exact) mass is 317 g/mol. The predicted octanol–water partition coefficient (Wildman–Crippen LogP) is 1.66. The molecule has 6 nitrogen and oxygen atoms in total. The molecule has 2 amide bonds. The number of ether oxygens (including phenoxy) is 2. The van der Waals surface area contributed by atoms with Crippen LogP contribution in [0.5, 0.6) is 0 Å². The summed E-state index contributed by atoms with van der Waals surface area (Å²) >= 11 is 16.2. The summed E-state index contributed by atoms with van der Waals surface area (Å²) in [4.78, 5) is 35.2. The van der Waals surface area contributed by atoms with Crippen LogP contribution in [0.1, 0.15) is 12.8 Å². The SMILES string of the molecule is COC(=O)[C@H]1CCC(=O)N1C(=O)OCC(Cl)(Cl)Cl. The summed E-state index contributed by atoms with van der Waals surface area (Å²) in [7, 11) is 1.16. The topological polar surface area (TPSA) is 72.9 Å². The molecule has 0 radical (unpaired) electrons. The van der Waals surface area contributed by atoms with Gasteiger partial charge in [0.05, 0.1) is 7.11 Å². The molecule has 0 N–H and O–H groups in total. The number of likely N-dealkylation sites (tertiary alicyclic amines) is 1. The maximum Gasteiger partial charge on any atom is 0.417 e. The lowest BCUT2D eigenvalue weighted by Crippen LogP contribution is -2.44. The Balaban J connectivity index is 2.69. The molecule has 0 aromatic heterocycles. The van der Waals surface area contributed by atoms with Crippen LogP contribution in [0.3, 0.4) is 0 Å². The van der Waals surface area contributed by atoms with Gasteiger partial charge in [0.2, 0.25) is 9.70 Å². The molecule has 0 saturated carbocycles. The number of amides is 2. The van der Waals surface area contributed by atoms with Crippen LogP contribution in [0.2, 0.25) is 0 Å². The van der Waals surface area contributed by atoms with Crippen molar-refractivity contribution < 1.29 is 23.9 Å². The zero-order valence-electron chi connectivity index (χ0n) is 9.32. The van der Waals surface area contributed by atoms with Gasteiger partial charge in [-0.25, -0.2) is 14.5 Å². The number of rotatable bonds is 2. The maximum atomic E-state index is 11.6. The third-order valence-corrected chi connectivity index (χ3v) is 2.57. The van der Waals surface area contributed by atoms with Gasteiger partial charge in [-0.3, -0.25) is 4.79 Å². The molecule has 1 aliphatic heterocycles. The number of alkyl halides is 3. The van der Waals surface area contributed by atoms with E-state index in [2.05, 4.69) is 9.47 Å². The Bertz CT molecular complexity index is 368. The number of hydrogen-bond donors (Lipinski definition) is 0. The lowest BCUT2D eigenvalue weighted by Gasteiger charge is -2.21. The summed E-state index contributed by atoms with van der Waals surface area (Å²) in [6.45, 7) is -0.520. The maximum absolute atomic E-state index is 11.6. The molecule has 1 aliphatic rings. The molecule has 0 aromatic rings. The number of carbonyl (C=O) groups excluding carboxylic acids is 3. The highest BCUT2D eigenvalue weighted by molar-refractivity contribution is 6.67. The molecule has 0 unspecified atom stereocenters. The van der Waals surface area contributed by atoms with E-state index in [0.717, 1.165) is 7.11 Å². The molecule has 102 valence electrons. The quantitative estimate of drug-likeness (QED) is 0.572.